The fraction of sp³-hybridized carbons (Fsp3) is 0.143. The number of amides is 1. The van der Waals surface area contributed by atoms with E-state index in [0.29, 0.717) is 16.1 Å². The molecule has 10 heteroatoms. The Morgan fingerprint density at radius 3 is 2.42 bits per heavy atom. The van der Waals surface area contributed by atoms with Gasteiger partial charge in [0.15, 0.2) is 0 Å². The van der Waals surface area contributed by atoms with Gasteiger partial charge in [-0.25, -0.2) is 4.79 Å². The largest absolute Gasteiger partial charge is 0.464 e. The van der Waals surface area contributed by atoms with Crippen molar-refractivity contribution in [3.63, 3.8) is 0 Å². The Kier molecular flexibility index (Phi) is 9.11. The highest BCUT2D eigenvalue weighted by Gasteiger charge is 2.27. The molecule has 0 aliphatic carbocycles. The van der Waals surface area contributed by atoms with E-state index in [2.05, 4.69) is 39.0 Å². The SMILES string of the molecule is CCOC(=O)[C@H](Cc1ccc(-c2ccc(C#N)cc2Cl)c2ncccc12)NC(=O)c1c(Cl)cc(I)cc1Cl. The number of esters is 1. The quantitative estimate of drug-likeness (QED) is 0.164. The number of nitriles is 1. The molecule has 0 radical (unpaired) electrons. The monoisotopic (exact) mass is 677 g/mol. The number of pyridine rings is 1. The van der Waals surface area contributed by atoms with Crippen molar-refractivity contribution in [2.75, 3.05) is 6.61 Å². The number of carbonyl (C=O) groups excluding carboxylic acids is 2. The van der Waals surface area contributed by atoms with Gasteiger partial charge in [-0.15, -0.1) is 0 Å². The molecule has 0 aliphatic rings. The summed E-state index contributed by atoms with van der Waals surface area (Å²) >= 11 is 21.1. The first-order chi connectivity index (χ1) is 18.2. The summed E-state index contributed by atoms with van der Waals surface area (Å²) in [6.45, 7) is 1.84. The second-order valence-corrected chi connectivity index (χ2v) is 10.7. The average Bonchev–Trinajstić information content (AvgIpc) is 2.88. The maximum Gasteiger partial charge on any atom is 0.328 e. The lowest BCUT2D eigenvalue weighted by atomic mass is 9.94. The highest BCUT2D eigenvalue weighted by Crippen LogP contribution is 2.35. The summed E-state index contributed by atoms with van der Waals surface area (Å²) in [5, 5.41) is 13.5. The van der Waals surface area contributed by atoms with Crippen molar-refractivity contribution in [3.8, 4) is 17.2 Å². The van der Waals surface area contributed by atoms with Crippen molar-refractivity contribution < 1.29 is 14.3 Å². The van der Waals surface area contributed by atoms with Gasteiger partial charge in [0.05, 0.1) is 39.4 Å². The number of hydrogen-bond donors (Lipinski definition) is 1. The zero-order valence-electron chi connectivity index (χ0n) is 19.9. The minimum absolute atomic E-state index is 0.0837. The number of hydrogen-bond acceptors (Lipinski definition) is 5. The molecule has 38 heavy (non-hydrogen) atoms. The van der Waals surface area contributed by atoms with Crippen LogP contribution in [0.1, 0.15) is 28.4 Å². The molecule has 0 bridgehead atoms. The molecule has 0 aliphatic heterocycles. The molecule has 0 spiro atoms. The highest BCUT2D eigenvalue weighted by molar-refractivity contribution is 14.1. The first kappa shape index (κ1) is 28.1. The van der Waals surface area contributed by atoms with E-state index in [9.17, 15) is 14.9 Å². The van der Waals surface area contributed by atoms with Gasteiger partial charge in [0.1, 0.15) is 6.04 Å². The summed E-state index contributed by atoms with van der Waals surface area (Å²) in [5.41, 5.74) is 3.45. The first-order valence-corrected chi connectivity index (χ1v) is 13.6. The summed E-state index contributed by atoms with van der Waals surface area (Å²) in [6, 6.07) is 16.8. The molecule has 1 aromatic heterocycles. The van der Waals surface area contributed by atoms with Gasteiger partial charge in [-0.3, -0.25) is 9.78 Å². The molecule has 1 atom stereocenters. The standard InChI is InChI=1S/C28H19Cl3IN3O3/c1-2-38-28(37)24(35-27(36)25-22(30)12-17(32)13-23(25)31)11-16-6-8-20(26-18(16)4-3-9-34-26)19-7-5-15(14-33)10-21(19)29/h3-10,12-13,24H,2,11H2,1H3,(H,35,36)/t24-/m0/s1. The number of nitrogens with one attached hydrogen (secondary N) is 1. The zero-order chi connectivity index (χ0) is 27.4. The van der Waals surface area contributed by atoms with Crippen LogP contribution < -0.4 is 5.32 Å². The van der Waals surface area contributed by atoms with E-state index in [1.54, 1.807) is 49.5 Å². The molecule has 6 nitrogen and oxygen atoms in total. The lowest BCUT2D eigenvalue weighted by Gasteiger charge is -2.20. The van der Waals surface area contributed by atoms with E-state index < -0.39 is 17.9 Å². The Hall–Kier alpha value is -2.90. The summed E-state index contributed by atoms with van der Waals surface area (Å²) in [6.07, 6.45) is 1.80. The molecule has 0 fully saturated rings. The Balaban J connectivity index is 1.73. The third kappa shape index (κ3) is 6.05. The normalized spacial score (nSPS) is 11.6. The second kappa shape index (κ2) is 12.3. The Morgan fingerprint density at radius 1 is 1.05 bits per heavy atom. The maximum absolute atomic E-state index is 13.2. The molecule has 1 N–H and O–H groups in total. The number of nitrogens with zero attached hydrogens (tertiary/aromatic N) is 2. The smallest absolute Gasteiger partial charge is 0.328 e. The Bertz CT molecular complexity index is 1580. The number of rotatable bonds is 7. The molecule has 0 unspecified atom stereocenters. The van der Waals surface area contributed by atoms with E-state index in [1.807, 2.05) is 18.2 Å². The molecule has 0 saturated heterocycles. The number of carbonyl (C=O) groups is 2. The van der Waals surface area contributed by atoms with Crippen LogP contribution in [0.2, 0.25) is 15.1 Å². The molecule has 4 rings (SSSR count). The predicted molar refractivity (Wildman–Crippen MR) is 158 cm³/mol. The molecule has 192 valence electrons. The molecule has 0 saturated carbocycles. The third-order valence-electron chi connectivity index (χ3n) is 5.78. The van der Waals surface area contributed by atoms with Gasteiger partial charge < -0.3 is 10.1 Å². The average molecular weight is 679 g/mol. The van der Waals surface area contributed by atoms with E-state index >= 15 is 0 Å². The molecule has 1 amide bonds. The van der Waals surface area contributed by atoms with Crippen molar-refractivity contribution >= 4 is 80.2 Å². The number of aromatic nitrogens is 1. The van der Waals surface area contributed by atoms with Gasteiger partial charge in [0, 0.05) is 37.7 Å². The maximum atomic E-state index is 13.2. The first-order valence-electron chi connectivity index (χ1n) is 11.4. The van der Waals surface area contributed by atoms with Gasteiger partial charge in [-0.1, -0.05) is 59.1 Å². The zero-order valence-corrected chi connectivity index (χ0v) is 24.3. The van der Waals surface area contributed by atoms with Gasteiger partial charge in [-0.2, -0.15) is 5.26 Å². The van der Waals surface area contributed by atoms with E-state index in [4.69, 9.17) is 39.5 Å². The van der Waals surface area contributed by atoms with Crippen molar-refractivity contribution in [2.45, 2.75) is 19.4 Å². The van der Waals surface area contributed by atoms with Gasteiger partial charge in [-0.05, 0) is 65.4 Å². The molecular formula is C28H19Cl3IN3O3. The lowest BCUT2D eigenvalue weighted by molar-refractivity contribution is -0.145. The fourth-order valence-corrected chi connectivity index (χ4v) is 6.01. The summed E-state index contributed by atoms with van der Waals surface area (Å²) in [7, 11) is 0. The van der Waals surface area contributed by atoms with Crippen LogP contribution >= 0.6 is 57.4 Å². The summed E-state index contributed by atoms with van der Waals surface area (Å²) < 4.78 is 6.03. The number of fused-ring (bicyclic) bond motifs is 1. The van der Waals surface area contributed by atoms with Gasteiger partial charge in [0.25, 0.3) is 5.91 Å². The van der Waals surface area contributed by atoms with Crippen LogP contribution in [-0.2, 0) is 16.0 Å². The van der Waals surface area contributed by atoms with Crippen molar-refractivity contribution in [1.29, 1.82) is 5.26 Å². The summed E-state index contributed by atoms with van der Waals surface area (Å²) in [4.78, 5) is 30.6. The van der Waals surface area contributed by atoms with Crippen LogP contribution in [-0.4, -0.2) is 29.5 Å². The van der Waals surface area contributed by atoms with E-state index in [-0.39, 0.29) is 28.6 Å². The Morgan fingerprint density at radius 2 is 1.76 bits per heavy atom. The lowest BCUT2D eigenvalue weighted by Crippen LogP contribution is -2.43. The van der Waals surface area contributed by atoms with Gasteiger partial charge in [0.2, 0.25) is 0 Å². The van der Waals surface area contributed by atoms with Crippen LogP contribution in [0.4, 0.5) is 0 Å². The Labute approximate surface area is 248 Å². The number of halogens is 4. The second-order valence-electron chi connectivity index (χ2n) is 8.20. The van der Waals surface area contributed by atoms with Gasteiger partial charge >= 0.3 is 5.97 Å². The van der Waals surface area contributed by atoms with Crippen LogP contribution in [0.5, 0.6) is 0 Å². The molecule has 3 aromatic carbocycles. The summed E-state index contributed by atoms with van der Waals surface area (Å²) in [5.74, 6) is -1.17. The van der Waals surface area contributed by atoms with Crippen LogP contribution in [0.15, 0.2) is 60.8 Å². The predicted octanol–water partition coefficient (Wildman–Crippen LogP) is 7.24. The third-order valence-corrected chi connectivity index (χ3v) is 7.31. The van der Waals surface area contributed by atoms with Crippen LogP contribution in [0.3, 0.4) is 0 Å². The minimum atomic E-state index is -1.01. The van der Waals surface area contributed by atoms with E-state index in [1.165, 1.54) is 0 Å². The van der Waals surface area contributed by atoms with Crippen molar-refractivity contribution in [2.24, 2.45) is 0 Å². The number of ether oxygens (including phenoxy) is 1. The highest BCUT2D eigenvalue weighted by atomic mass is 127. The number of benzene rings is 3. The molecule has 1 heterocycles. The van der Waals surface area contributed by atoms with Crippen molar-refractivity contribution in [1.82, 2.24) is 10.3 Å². The van der Waals surface area contributed by atoms with E-state index in [0.717, 1.165) is 25.6 Å². The van der Waals surface area contributed by atoms with Crippen LogP contribution in [0.25, 0.3) is 22.0 Å². The molecule has 4 aromatic rings. The fourth-order valence-electron chi connectivity index (χ4n) is 4.08. The van der Waals surface area contributed by atoms with Crippen molar-refractivity contribution in [3.05, 3.63) is 96.1 Å². The minimum Gasteiger partial charge on any atom is -0.464 e. The van der Waals surface area contributed by atoms with Crippen LogP contribution in [0, 0.1) is 14.9 Å². The topological polar surface area (TPSA) is 92.1 Å². The molecular weight excluding hydrogens is 660 g/mol.